The van der Waals surface area contributed by atoms with Crippen molar-refractivity contribution < 1.29 is 28.0 Å². The smallest absolute Gasteiger partial charge is 0.255 e. The van der Waals surface area contributed by atoms with Gasteiger partial charge in [-0.25, -0.2) is 23.8 Å². The van der Waals surface area contributed by atoms with Crippen LogP contribution in [0.15, 0.2) is 66.8 Å². The van der Waals surface area contributed by atoms with Crippen LogP contribution in [0, 0.1) is 5.21 Å². The first kappa shape index (κ1) is 31.7. The fourth-order valence-electron chi connectivity index (χ4n) is 5.65. The van der Waals surface area contributed by atoms with Crippen LogP contribution < -0.4 is 15.4 Å². The summed E-state index contributed by atoms with van der Waals surface area (Å²) >= 11 is 12.9. The molecule has 224 valence electrons. The number of hydroxylamine groups is 1. The van der Waals surface area contributed by atoms with E-state index in [2.05, 4.69) is 10.2 Å². The zero-order chi connectivity index (χ0) is 30.3. The molecule has 1 aliphatic carbocycles. The number of carbonyl (C=O) groups excluding carboxylic acids is 2. The zero-order valence-electron chi connectivity index (χ0n) is 22.8. The van der Waals surface area contributed by atoms with Gasteiger partial charge in [-0.15, -0.1) is 0 Å². The van der Waals surface area contributed by atoms with E-state index in [0.717, 1.165) is 19.1 Å². The lowest BCUT2D eigenvalue weighted by molar-refractivity contribution is -0.366. The fraction of sp³-hybridized carbons (Fsp3) is 0.345. The predicted molar refractivity (Wildman–Crippen MR) is 161 cm³/mol. The maximum atomic E-state index is 14.2. The molecule has 3 N–H and O–H groups in total. The predicted octanol–water partition coefficient (Wildman–Crippen LogP) is 2.94. The molecule has 0 spiro atoms. The first-order chi connectivity index (χ1) is 20.1. The normalized spacial score (nSPS) is 23.1. The number of nitrogens with zero attached hydrogens (tertiary/aromatic N) is 1. The Bertz CT molecular complexity index is 1500. The summed E-state index contributed by atoms with van der Waals surface area (Å²) in [7, 11) is -3.59. The number of sulfonamides is 1. The summed E-state index contributed by atoms with van der Waals surface area (Å²) in [6.45, 7) is 0.0350. The molecule has 0 unspecified atom stereocenters. The third kappa shape index (κ3) is 7.59. The summed E-state index contributed by atoms with van der Waals surface area (Å²) in [5.41, 5.74) is 3.85. The molecule has 0 bridgehead atoms. The summed E-state index contributed by atoms with van der Waals surface area (Å²) < 4.78 is 27.3. The maximum absolute atomic E-state index is 14.2. The van der Waals surface area contributed by atoms with Crippen LogP contribution in [-0.2, 0) is 19.7 Å². The van der Waals surface area contributed by atoms with Crippen LogP contribution in [0.3, 0.4) is 0 Å². The number of amides is 2. The molecule has 2 aromatic carbocycles. The van der Waals surface area contributed by atoms with E-state index >= 15 is 0 Å². The Hall–Kier alpha value is -3.22. The van der Waals surface area contributed by atoms with E-state index in [1.807, 2.05) is 0 Å². The lowest BCUT2D eigenvalue weighted by atomic mass is 9.76. The molecule has 42 heavy (non-hydrogen) atoms. The Morgan fingerprint density at radius 2 is 1.88 bits per heavy atom. The summed E-state index contributed by atoms with van der Waals surface area (Å²) in [6.07, 6.45) is 11.3. The molecule has 2 amide bonds. The average Bonchev–Trinajstić information content (AvgIpc) is 2.94. The van der Waals surface area contributed by atoms with Crippen molar-refractivity contribution >= 4 is 51.3 Å². The van der Waals surface area contributed by atoms with Gasteiger partial charge in [0, 0.05) is 33.8 Å². The lowest BCUT2D eigenvalue weighted by Crippen LogP contribution is -2.59. The van der Waals surface area contributed by atoms with Crippen LogP contribution >= 0.6 is 23.2 Å². The third-order valence-corrected chi connectivity index (χ3v) is 8.56. The van der Waals surface area contributed by atoms with Crippen molar-refractivity contribution in [1.82, 2.24) is 15.1 Å². The number of halogens is 2. The standard InChI is InChI=1S/C29H32Cl2N4O6S/c1-42(39,40)34-24-12-6-7-13-25(24)35-27(22-15-14-19(30)18-23(22)31)26(20-10-4-5-11-21(20)29(35)37)28(36)33-41-17-9-3-2-8-16-32-38/h2-5,8-11,14-16,18,24-27,32,34H,6-7,12-13,17H2,1H3,(H-,33,36,38)/b8-2-,9-3+,32-16+/t24-,25-,26+,27-/m0/s1. The second-order valence-electron chi connectivity index (χ2n) is 10.1. The Labute approximate surface area is 255 Å². The molecule has 4 rings (SSSR count). The highest BCUT2D eigenvalue weighted by Gasteiger charge is 2.49. The van der Waals surface area contributed by atoms with Crippen molar-refractivity contribution in [2.24, 2.45) is 0 Å². The Kier molecular flexibility index (Phi) is 10.8. The van der Waals surface area contributed by atoms with E-state index in [-0.39, 0.29) is 17.5 Å². The van der Waals surface area contributed by atoms with E-state index in [4.69, 9.17) is 28.0 Å². The minimum Gasteiger partial charge on any atom is -0.625 e. The van der Waals surface area contributed by atoms with Crippen LogP contribution in [0.25, 0.3) is 0 Å². The highest BCUT2D eigenvalue weighted by Crippen LogP contribution is 2.47. The van der Waals surface area contributed by atoms with Crippen molar-refractivity contribution in [3.63, 3.8) is 0 Å². The number of nitrogens with one attached hydrogen (secondary N) is 3. The number of carbonyl (C=O) groups is 2. The minimum atomic E-state index is -3.59. The van der Waals surface area contributed by atoms with Crippen LogP contribution in [-0.4, -0.2) is 56.3 Å². The minimum absolute atomic E-state index is 0.0350. The first-order valence-electron chi connectivity index (χ1n) is 13.4. The molecule has 1 aliphatic heterocycles. The topological polar surface area (TPSA) is 142 Å². The molecule has 2 aliphatic rings. The Morgan fingerprint density at radius 1 is 1.12 bits per heavy atom. The monoisotopic (exact) mass is 634 g/mol. The van der Waals surface area contributed by atoms with E-state index in [1.54, 1.807) is 70.7 Å². The number of allylic oxidation sites excluding steroid dienone is 3. The molecule has 0 saturated heterocycles. The molecular formula is C29H32Cl2N4O6S. The fourth-order valence-corrected chi connectivity index (χ4v) is 6.99. The van der Waals surface area contributed by atoms with Gasteiger partial charge >= 0.3 is 0 Å². The van der Waals surface area contributed by atoms with E-state index in [0.29, 0.717) is 34.6 Å². The van der Waals surface area contributed by atoms with Gasteiger partial charge in [0.25, 0.3) is 11.8 Å². The van der Waals surface area contributed by atoms with Crippen molar-refractivity contribution in [2.45, 2.75) is 49.7 Å². The van der Waals surface area contributed by atoms with Crippen LogP contribution in [0.4, 0.5) is 0 Å². The molecule has 1 saturated carbocycles. The number of hydrogen-bond donors (Lipinski definition) is 3. The second kappa shape index (κ2) is 14.3. The van der Waals surface area contributed by atoms with Crippen molar-refractivity contribution in [1.29, 1.82) is 0 Å². The molecule has 1 fully saturated rings. The molecule has 10 nitrogen and oxygen atoms in total. The van der Waals surface area contributed by atoms with Crippen molar-refractivity contribution in [3.8, 4) is 0 Å². The summed E-state index contributed by atoms with van der Waals surface area (Å²) in [5, 5.41) is 12.5. The van der Waals surface area contributed by atoms with Gasteiger partial charge in [-0.2, -0.15) is 0 Å². The van der Waals surface area contributed by atoms with Gasteiger partial charge < -0.3 is 10.1 Å². The molecule has 0 radical (unpaired) electrons. The van der Waals surface area contributed by atoms with Gasteiger partial charge in [0.05, 0.1) is 24.8 Å². The van der Waals surface area contributed by atoms with Crippen LogP contribution in [0.1, 0.15) is 59.1 Å². The van der Waals surface area contributed by atoms with E-state index < -0.39 is 40.0 Å². The molecule has 0 aromatic heterocycles. The van der Waals surface area contributed by atoms with Gasteiger partial charge in [0.2, 0.25) is 10.0 Å². The Balaban J connectivity index is 1.77. The van der Waals surface area contributed by atoms with E-state index in [9.17, 15) is 23.2 Å². The summed E-state index contributed by atoms with van der Waals surface area (Å²) in [5.74, 6) is -1.77. The van der Waals surface area contributed by atoms with Crippen molar-refractivity contribution in [2.75, 3.05) is 12.9 Å². The van der Waals surface area contributed by atoms with Gasteiger partial charge in [0.1, 0.15) is 0 Å². The molecule has 2 aromatic rings. The highest BCUT2D eigenvalue weighted by atomic mass is 35.5. The molecular weight excluding hydrogens is 603 g/mol. The maximum Gasteiger partial charge on any atom is 0.255 e. The average molecular weight is 636 g/mol. The summed E-state index contributed by atoms with van der Waals surface area (Å²) in [6, 6.07) is 9.76. The second-order valence-corrected chi connectivity index (χ2v) is 12.7. The number of hydrogen-bond acceptors (Lipinski definition) is 6. The van der Waals surface area contributed by atoms with Gasteiger partial charge in [-0.3, -0.25) is 14.4 Å². The third-order valence-electron chi connectivity index (χ3n) is 7.27. The van der Waals surface area contributed by atoms with Gasteiger partial charge in [0.15, 0.2) is 6.21 Å². The molecule has 4 atom stereocenters. The van der Waals surface area contributed by atoms with Gasteiger partial charge in [-0.05, 0) is 42.2 Å². The molecule has 13 heteroatoms. The number of rotatable bonds is 10. The lowest BCUT2D eigenvalue weighted by Gasteiger charge is -2.49. The first-order valence-corrected chi connectivity index (χ1v) is 16.0. The quantitative estimate of drug-likeness (QED) is 0.121. The molecule has 1 heterocycles. The zero-order valence-corrected chi connectivity index (χ0v) is 25.2. The van der Waals surface area contributed by atoms with Gasteiger partial charge in [-0.1, -0.05) is 78.5 Å². The SMILES string of the molecule is CS(=O)(=O)N[C@H]1CCCC[C@@H]1N1C(=O)c2ccccc2[C@@H](C(=O)NOC/C=C/C=C\C=[NH+]\[O-])[C@@H]1c1ccc(Cl)cc1Cl. The van der Waals surface area contributed by atoms with Crippen LogP contribution in [0.5, 0.6) is 0 Å². The highest BCUT2D eigenvalue weighted by molar-refractivity contribution is 7.88. The van der Waals surface area contributed by atoms with E-state index in [1.165, 1.54) is 12.3 Å². The van der Waals surface area contributed by atoms with Crippen molar-refractivity contribution in [3.05, 3.63) is 98.7 Å². The Morgan fingerprint density at radius 3 is 2.62 bits per heavy atom. The largest absolute Gasteiger partial charge is 0.625 e. The summed E-state index contributed by atoms with van der Waals surface area (Å²) in [4.78, 5) is 35.2. The van der Waals surface area contributed by atoms with Crippen LogP contribution in [0.2, 0.25) is 10.0 Å². The number of benzene rings is 2. The number of fused-ring (bicyclic) bond motifs is 1.